The number of piperazine rings is 1. The molecule has 2 saturated heterocycles. The summed E-state index contributed by atoms with van der Waals surface area (Å²) < 4.78 is 5.66. The number of ether oxygens (including phenoxy) is 1. The number of nitrogens with two attached hydrogens (primary N) is 1. The van der Waals surface area contributed by atoms with Crippen LogP contribution in [0.5, 0.6) is 0 Å². The summed E-state index contributed by atoms with van der Waals surface area (Å²) in [5.41, 5.74) is 7.07. The Kier molecular flexibility index (Phi) is 3.76. The number of anilines is 2. The van der Waals surface area contributed by atoms with Crippen LogP contribution in [0.15, 0.2) is 24.3 Å². The highest BCUT2D eigenvalue weighted by molar-refractivity contribution is 5.85. The first-order chi connectivity index (χ1) is 10.1. The first kappa shape index (κ1) is 14.2. The molecule has 0 aliphatic carbocycles. The summed E-state index contributed by atoms with van der Waals surface area (Å²) in [7, 11) is 0. The van der Waals surface area contributed by atoms with Gasteiger partial charge >= 0.3 is 0 Å². The highest BCUT2D eigenvalue weighted by Crippen LogP contribution is 2.28. The van der Waals surface area contributed by atoms with Gasteiger partial charge in [0.15, 0.2) is 0 Å². The lowest BCUT2D eigenvalue weighted by Gasteiger charge is -2.39. The Morgan fingerprint density at radius 3 is 2.43 bits per heavy atom. The fourth-order valence-electron chi connectivity index (χ4n) is 3.14. The van der Waals surface area contributed by atoms with Crippen LogP contribution in [0.1, 0.15) is 19.8 Å². The molecule has 114 valence electrons. The van der Waals surface area contributed by atoms with Crippen molar-refractivity contribution in [1.82, 2.24) is 4.90 Å². The predicted molar refractivity (Wildman–Crippen MR) is 83.2 cm³/mol. The Morgan fingerprint density at radius 2 is 1.86 bits per heavy atom. The highest BCUT2D eigenvalue weighted by Gasteiger charge is 2.41. The van der Waals surface area contributed by atoms with Crippen LogP contribution in [0.25, 0.3) is 0 Å². The number of amides is 1. The Bertz CT molecular complexity index is 501. The zero-order chi connectivity index (χ0) is 14.9. The molecule has 0 saturated carbocycles. The third-order valence-electron chi connectivity index (χ3n) is 4.50. The number of carbonyl (C=O) groups excluding carboxylic acids is 1. The van der Waals surface area contributed by atoms with Crippen LogP contribution < -0.4 is 10.6 Å². The summed E-state index contributed by atoms with van der Waals surface area (Å²) in [5, 5.41) is 0. The van der Waals surface area contributed by atoms with E-state index in [9.17, 15) is 4.79 Å². The minimum atomic E-state index is -0.594. The van der Waals surface area contributed by atoms with E-state index in [-0.39, 0.29) is 5.91 Å². The van der Waals surface area contributed by atoms with Gasteiger partial charge in [-0.3, -0.25) is 4.79 Å². The molecule has 0 aromatic heterocycles. The van der Waals surface area contributed by atoms with Gasteiger partial charge in [-0.25, -0.2) is 0 Å². The molecule has 0 radical (unpaired) electrons. The Morgan fingerprint density at radius 1 is 1.19 bits per heavy atom. The molecular formula is C16H23N3O2. The monoisotopic (exact) mass is 289 g/mol. The normalized spacial score (nSPS) is 26.1. The molecule has 1 aromatic rings. The van der Waals surface area contributed by atoms with Crippen molar-refractivity contribution in [2.24, 2.45) is 0 Å². The highest BCUT2D eigenvalue weighted by atomic mass is 16.5. The quantitative estimate of drug-likeness (QED) is 0.838. The van der Waals surface area contributed by atoms with Crippen LogP contribution in [-0.4, -0.2) is 49.2 Å². The van der Waals surface area contributed by atoms with Crippen molar-refractivity contribution in [1.29, 1.82) is 0 Å². The maximum Gasteiger partial charge on any atom is 0.254 e. The second-order valence-corrected chi connectivity index (χ2v) is 6.05. The molecular weight excluding hydrogens is 266 g/mol. The molecule has 0 spiro atoms. The molecule has 0 bridgehead atoms. The second kappa shape index (κ2) is 5.56. The fraction of sp³-hybridized carbons (Fsp3) is 0.562. The van der Waals surface area contributed by atoms with Gasteiger partial charge in [0, 0.05) is 44.2 Å². The van der Waals surface area contributed by atoms with Gasteiger partial charge in [-0.15, -0.1) is 0 Å². The second-order valence-electron chi connectivity index (χ2n) is 6.05. The van der Waals surface area contributed by atoms with Crippen molar-refractivity contribution in [3.63, 3.8) is 0 Å². The third-order valence-corrected chi connectivity index (χ3v) is 4.50. The Hall–Kier alpha value is -1.75. The lowest BCUT2D eigenvalue weighted by Crippen LogP contribution is -2.54. The summed E-state index contributed by atoms with van der Waals surface area (Å²) in [6.45, 7) is 5.84. The van der Waals surface area contributed by atoms with Gasteiger partial charge < -0.3 is 20.3 Å². The molecule has 2 heterocycles. The Labute approximate surface area is 125 Å². The van der Waals surface area contributed by atoms with Gasteiger partial charge in [0.05, 0.1) is 0 Å². The van der Waals surface area contributed by atoms with Crippen LogP contribution >= 0.6 is 0 Å². The van der Waals surface area contributed by atoms with Crippen molar-refractivity contribution in [3.8, 4) is 0 Å². The van der Waals surface area contributed by atoms with Crippen molar-refractivity contribution in [3.05, 3.63) is 24.3 Å². The molecule has 5 nitrogen and oxygen atoms in total. The zero-order valence-corrected chi connectivity index (χ0v) is 12.5. The fourth-order valence-corrected chi connectivity index (χ4v) is 3.14. The van der Waals surface area contributed by atoms with Crippen molar-refractivity contribution in [2.45, 2.75) is 25.4 Å². The van der Waals surface area contributed by atoms with Crippen LogP contribution in [0.2, 0.25) is 0 Å². The maximum absolute atomic E-state index is 12.6. The van der Waals surface area contributed by atoms with Crippen molar-refractivity contribution < 1.29 is 9.53 Å². The number of nitrogen functional groups attached to an aromatic ring is 1. The molecule has 2 aliphatic heterocycles. The molecule has 1 amide bonds. The largest absolute Gasteiger partial charge is 0.399 e. The molecule has 2 aliphatic rings. The average Bonchev–Trinajstić information content (AvgIpc) is 2.96. The number of hydrogen-bond donors (Lipinski definition) is 1. The van der Waals surface area contributed by atoms with Crippen LogP contribution in [0, 0.1) is 0 Å². The van der Waals surface area contributed by atoms with Crippen LogP contribution in [-0.2, 0) is 9.53 Å². The number of carbonyl (C=O) groups is 1. The Balaban J connectivity index is 1.60. The molecule has 2 N–H and O–H groups in total. The van der Waals surface area contributed by atoms with Crippen LogP contribution in [0.3, 0.4) is 0 Å². The first-order valence-electron chi connectivity index (χ1n) is 7.62. The molecule has 1 unspecified atom stereocenters. The van der Waals surface area contributed by atoms with Crippen LogP contribution in [0.4, 0.5) is 11.4 Å². The predicted octanol–water partition coefficient (Wildman–Crippen LogP) is 1.49. The van der Waals surface area contributed by atoms with Gasteiger partial charge in [0.25, 0.3) is 5.91 Å². The van der Waals surface area contributed by atoms with E-state index in [0.29, 0.717) is 6.61 Å². The van der Waals surface area contributed by atoms with Crippen molar-refractivity contribution >= 4 is 17.3 Å². The standard InChI is InChI=1S/C16H23N3O2/c1-16(7-2-12-21-16)15(20)19-10-8-18(9-11-19)14-5-3-13(17)4-6-14/h3-6H,2,7-12,17H2,1H3. The van der Waals surface area contributed by atoms with Gasteiger partial charge in [-0.05, 0) is 44.0 Å². The van der Waals surface area contributed by atoms with E-state index in [0.717, 1.165) is 44.7 Å². The molecule has 5 heteroatoms. The molecule has 3 rings (SSSR count). The topological polar surface area (TPSA) is 58.8 Å². The summed E-state index contributed by atoms with van der Waals surface area (Å²) in [5.74, 6) is 0.150. The minimum absolute atomic E-state index is 0.150. The summed E-state index contributed by atoms with van der Waals surface area (Å²) >= 11 is 0. The SMILES string of the molecule is CC1(C(=O)N2CCN(c3ccc(N)cc3)CC2)CCCO1. The van der Waals surface area contributed by atoms with E-state index >= 15 is 0 Å². The summed E-state index contributed by atoms with van der Waals surface area (Å²) in [4.78, 5) is 16.8. The number of rotatable bonds is 2. The lowest BCUT2D eigenvalue weighted by atomic mass is 10.0. The third kappa shape index (κ3) is 2.83. The summed E-state index contributed by atoms with van der Waals surface area (Å²) in [6, 6.07) is 7.91. The first-order valence-corrected chi connectivity index (χ1v) is 7.62. The lowest BCUT2D eigenvalue weighted by molar-refractivity contribution is -0.151. The van der Waals surface area contributed by atoms with E-state index in [1.165, 1.54) is 5.69 Å². The summed E-state index contributed by atoms with van der Waals surface area (Å²) in [6.07, 6.45) is 1.82. The smallest absolute Gasteiger partial charge is 0.254 e. The minimum Gasteiger partial charge on any atom is -0.399 e. The molecule has 2 fully saturated rings. The average molecular weight is 289 g/mol. The van der Waals surface area contributed by atoms with E-state index in [4.69, 9.17) is 10.5 Å². The zero-order valence-electron chi connectivity index (χ0n) is 12.5. The number of benzene rings is 1. The molecule has 1 aromatic carbocycles. The van der Waals surface area contributed by atoms with Crippen molar-refractivity contribution in [2.75, 3.05) is 43.4 Å². The van der Waals surface area contributed by atoms with Gasteiger partial charge in [-0.2, -0.15) is 0 Å². The van der Waals surface area contributed by atoms with Gasteiger partial charge in [0.2, 0.25) is 0 Å². The maximum atomic E-state index is 12.6. The molecule has 21 heavy (non-hydrogen) atoms. The number of nitrogens with zero attached hydrogens (tertiary/aromatic N) is 2. The van der Waals surface area contributed by atoms with Gasteiger partial charge in [0.1, 0.15) is 5.60 Å². The van der Waals surface area contributed by atoms with E-state index in [2.05, 4.69) is 4.90 Å². The number of hydrogen-bond acceptors (Lipinski definition) is 4. The van der Waals surface area contributed by atoms with E-state index < -0.39 is 5.60 Å². The molecule has 1 atom stereocenters. The van der Waals surface area contributed by atoms with E-state index in [1.54, 1.807) is 0 Å². The van der Waals surface area contributed by atoms with Gasteiger partial charge in [-0.1, -0.05) is 0 Å². The van der Waals surface area contributed by atoms with E-state index in [1.807, 2.05) is 36.1 Å².